The first-order valence-electron chi connectivity index (χ1n) is 4.93. The lowest BCUT2D eigenvalue weighted by atomic mass is 9.89. The normalized spacial score (nSPS) is 25.5. The monoisotopic (exact) mass is 210 g/mol. The summed E-state index contributed by atoms with van der Waals surface area (Å²) in [6.45, 7) is 5.18. The number of amides is 1. The molecule has 0 saturated carbocycles. The van der Waals surface area contributed by atoms with Crippen LogP contribution >= 0.6 is 0 Å². The van der Waals surface area contributed by atoms with Gasteiger partial charge in [-0.2, -0.15) is 4.98 Å². The lowest BCUT2D eigenvalue weighted by Gasteiger charge is -2.19. The standard InChI is InChI=1S/C9H14N4O2/c1-6-11-8(15-13-6)12-7(14)9(2)3-4-10-5-9/h10H,3-5H2,1-2H3,(H,11,12,13,14). The molecular formula is C9H14N4O2. The first kappa shape index (κ1) is 10.1. The number of anilines is 1. The van der Waals surface area contributed by atoms with Crippen LogP contribution in [0.5, 0.6) is 0 Å². The molecule has 1 saturated heterocycles. The Morgan fingerprint density at radius 2 is 2.47 bits per heavy atom. The molecule has 2 heterocycles. The van der Waals surface area contributed by atoms with Gasteiger partial charge in [0.05, 0.1) is 5.41 Å². The summed E-state index contributed by atoms with van der Waals surface area (Å²) in [5.74, 6) is 0.441. The summed E-state index contributed by atoms with van der Waals surface area (Å²) in [6, 6.07) is 0.172. The van der Waals surface area contributed by atoms with Crippen LogP contribution in [0.25, 0.3) is 0 Å². The lowest BCUT2D eigenvalue weighted by molar-refractivity contribution is -0.124. The molecule has 0 bridgehead atoms. The van der Waals surface area contributed by atoms with E-state index in [0.717, 1.165) is 13.0 Å². The highest BCUT2D eigenvalue weighted by Crippen LogP contribution is 2.25. The lowest BCUT2D eigenvalue weighted by Crippen LogP contribution is -2.35. The SMILES string of the molecule is Cc1noc(NC(=O)C2(C)CCNC2)n1. The molecule has 6 heteroatoms. The molecule has 82 valence electrons. The molecule has 1 fully saturated rings. The van der Waals surface area contributed by atoms with Crippen molar-refractivity contribution >= 4 is 11.9 Å². The Kier molecular flexibility index (Phi) is 2.44. The van der Waals surface area contributed by atoms with Crippen molar-refractivity contribution < 1.29 is 9.32 Å². The maximum absolute atomic E-state index is 11.9. The highest BCUT2D eigenvalue weighted by Gasteiger charge is 2.36. The van der Waals surface area contributed by atoms with E-state index in [1.54, 1.807) is 6.92 Å². The van der Waals surface area contributed by atoms with E-state index >= 15 is 0 Å². The Hall–Kier alpha value is -1.43. The van der Waals surface area contributed by atoms with E-state index < -0.39 is 0 Å². The number of nitrogens with zero attached hydrogens (tertiary/aromatic N) is 2. The first-order valence-corrected chi connectivity index (χ1v) is 4.93. The topological polar surface area (TPSA) is 80.0 Å². The van der Waals surface area contributed by atoms with Gasteiger partial charge in [0.25, 0.3) is 0 Å². The van der Waals surface area contributed by atoms with Crippen LogP contribution in [0.15, 0.2) is 4.52 Å². The molecule has 0 radical (unpaired) electrons. The zero-order chi connectivity index (χ0) is 10.9. The van der Waals surface area contributed by atoms with E-state index in [0.29, 0.717) is 12.4 Å². The second kappa shape index (κ2) is 3.62. The number of carbonyl (C=O) groups excluding carboxylic acids is 1. The van der Waals surface area contributed by atoms with Gasteiger partial charge in [0, 0.05) is 6.54 Å². The van der Waals surface area contributed by atoms with Gasteiger partial charge in [0.2, 0.25) is 5.91 Å². The van der Waals surface area contributed by atoms with Gasteiger partial charge >= 0.3 is 6.01 Å². The van der Waals surface area contributed by atoms with E-state index in [1.807, 2.05) is 6.92 Å². The molecule has 0 spiro atoms. The van der Waals surface area contributed by atoms with Gasteiger partial charge < -0.3 is 9.84 Å². The quantitative estimate of drug-likeness (QED) is 0.734. The van der Waals surface area contributed by atoms with Crippen LogP contribution in [0.2, 0.25) is 0 Å². The maximum atomic E-state index is 11.9. The van der Waals surface area contributed by atoms with Crippen molar-refractivity contribution in [2.45, 2.75) is 20.3 Å². The number of rotatable bonds is 2. The number of aromatic nitrogens is 2. The van der Waals surface area contributed by atoms with E-state index in [1.165, 1.54) is 0 Å². The first-order chi connectivity index (χ1) is 7.10. The number of aryl methyl sites for hydroxylation is 1. The van der Waals surface area contributed by atoms with Crippen LogP contribution in [0, 0.1) is 12.3 Å². The van der Waals surface area contributed by atoms with Crippen molar-refractivity contribution in [3.05, 3.63) is 5.82 Å². The van der Waals surface area contributed by atoms with Crippen molar-refractivity contribution in [3.63, 3.8) is 0 Å². The molecule has 2 N–H and O–H groups in total. The fraction of sp³-hybridized carbons (Fsp3) is 0.667. The predicted molar refractivity (Wildman–Crippen MR) is 53.3 cm³/mol. The van der Waals surface area contributed by atoms with E-state index in [2.05, 4.69) is 20.8 Å². The smallest absolute Gasteiger partial charge is 0.316 e. The van der Waals surface area contributed by atoms with Gasteiger partial charge in [-0.05, 0) is 26.8 Å². The molecule has 1 amide bonds. The molecule has 1 aromatic rings. The highest BCUT2D eigenvalue weighted by atomic mass is 16.5. The zero-order valence-electron chi connectivity index (χ0n) is 8.83. The summed E-state index contributed by atoms with van der Waals surface area (Å²) in [5, 5.41) is 9.39. The van der Waals surface area contributed by atoms with Gasteiger partial charge in [-0.3, -0.25) is 10.1 Å². The van der Waals surface area contributed by atoms with Gasteiger partial charge in [0.15, 0.2) is 5.82 Å². The second-order valence-electron chi connectivity index (χ2n) is 4.09. The van der Waals surface area contributed by atoms with Crippen LogP contribution in [-0.2, 0) is 4.79 Å². The average molecular weight is 210 g/mol. The summed E-state index contributed by atoms with van der Waals surface area (Å²) >= 11 is 0. The molecular weight excluding hydrogens is 196 g/mol. The Labute approximate surface area is 87.4 Å². The van der Waals surface area contributed by atoms with Crippen LogP contribution in [0.1, 0.15) is 19.2 Å². The number of carbonyl (C=O) groups is 1. The number of nitrogens with one attached hydrogen (secondary N) is 2. The van der Waals surface area contributed by atoms with E-state index in [4.69, 9.17) is 4.52 Å². The minimum absolute atomic E-state index is 0.0730. The van der Waals surface area contributed by atoms with Gasteiger partial charge in [-0.15, -0.1) is 0 Å². The number of hydrogen-bond donors (Lipinski definition) is 2. The molecule has 15 heavy (non-hydrogen) atoms. The third-order valence-corrected chi connectivity index (χ3v) is 2.66. The van der Waals surface area contributed by atoms with Crippen LogP contribution in [-0.4, -0.2) is 29.1 Å². The average Bonchev–Trinajstić information content (AvgIpc) is 2.76. The Balaban J connectivity index is 2.03. The summed E-state index contributed by atoms with van der Waals surface area (Å²) in [4.78, 5) is 15.8. The van der Waals surface area contributed by atoms with Crippen molar-refractivity contribution in [1.82, 2.24) is 15.5 Å². The van der Waals surface area contributed by atoms with Crippen LogP contribution in [0.4, 0.5) is 6.01 Å². The maximum Gasteiger partial charge on any atom is 0.328 e. The van der Waals surface area contributed by atoms with Crippen LogP contribution in [0.3, 0.4) is 0 Å². The van der Waals surface area contributed by atoms with E-state index in [-0.39, 0.29) is 17.3 Å². The van der Waals surface area contributed by atoms with Crippen molar-refractivity contribution in [3.8, 4) is 0 Å². The molecule has 2 rings (SSSR count). The highest BCUT2D eigenvalue weighted by molar-refractivity contribution is 5.93. The summed E-state index contributed by atoms with van der Waals surface area (Å²) < 4.78 is 4.83. The van der Waals surface area contributed by atoms with Crippen molar-refractivity contribution in [2.24, 2.45) is 5.41 Å². The minimum Gasteiger partial charge on any atom is -0.316 e. The molecule has 1 atom stereocenters. The molecule has 1 aromatic heterocycles. The minimum atomic E-state index is -0.373. The molecule has 0 aliphatic carbocycles. The zero-order valence-corrected chi connectivity index (χ0v) is 8.83. The molecule has 6 nitrogen and oxygen atoms in total. The molecule has 1 aliphatic rings. The van der Waals surface area contributed by atoms with Crippen molar-refractivity contribution in [2.75, 3.05) is 18.4 Å². The predicted octanol–water partition coefficient (Wildman–Crippen LogP) is 0.316. The van der Waals surface area contributed by atoms with Gasteiger partial charge in [-0.1, -0.05) is 5.16 Å². The fourth-order valence-electron chi connectivity index (χ4n) is 1.61. The Bertz CT molecular complexity index is 368. The molecule has 0 aromatic carbocycles. The largest absolute Gasteiger partial charge is 0.328 e. The van der Waals surface area contributed by atoms with Gasteiger partial charge in [0.1, 0.15) is 0 Å². The Morgan fingerprint density at radius 1 is 1.67 bits per heavy atom. The third kappa shape index (κ3) is 1.99. The third-order valence-electron chi connectivity index (χ3n) is 2.66. The summed E-state index contributed by atoms with van der Waals surface area (Å²) in [7, 11) is 0. The van der Waals surface area contributed by atoms with Gasteiger partial charge in [-0.25, -0.2) is 0 Å². The van der Waals surface area contributed by atoms with E-state index in [9.17, 15) is 4.79 Å². The summed E-state index contributed by atoms with van der Waals surface area (Å²) in [6.07, 6.45) is 0.825. The summed E-state index contributed by atoms with van der Waals surface area (Å²) in [5.41, 5.74) is -0.373. The molecule has 1 aliphatic heterocycles. The number of hydrogen-bond acceptors (Lipinski definition) is 5. The fourth-order valence-corrected chi connectivity index (χ4v) is 1.61. The molecule has 1 unspecified atom stereocenters. The second-order valence-corrected chi connectivity index (χ2v) is 4.09. The Morgan fingerprint density at radius 3 is 3.00 bits per heavy atom. The van der Waals surface area contributed by atoms with Crippen molar-refractivity contribution in [1.29, 1.82) is 0 Å². The van der Waals surface area contributed by atoms with Crippen LogP contribution < -0.4 is 10.6 Å².